The monoisotopic (exact) mass is 509 g/mol. The van der Waals surface area contributed by atoms with Crippen LogP contribution in [0, 0.1) is 0 Å². The van der Waals surface area contributed by atoms with E-state index >= 15 is 0 Å². The van der Waals surface area contributed by atoms with E-state index in [1.54, 1.807) is 4.57 Å². The molecular formula is C36H27NSi. The molecule has 6 aromatic carbocycles. The highest BCUT2D eigenvalue weighted by Gasteiger charge is 2.41. The van der Waals surface area contributed by atoms with Crippen molar-refractivity contribution in [3.05, 3.63) is 164 Å². The Morgan fingerprint density at radius 1 is 0.421 bits per heavy atom. The molecule has 2 heteroatoms. The van der Waals surface area contributed by atoms with Crippen LogP contribution in [0.4, 0.5) is 0 Å². The van der Waals surface area contributed by atoms with Gasteiger partial charge in [0.05, 0.1) is 22.0 Å². The summed E-state index contributed by atoms with van der Waals surface area (Å²) in [5, 5.41) is 4.81. The lowest BCUT2D eigenvalue weighted by Gasteiger charge is -2.34. The number of para-hydroxylation sites is 2. The van der Waals surface area contributed by atoms with Crippen LogP contribution in [0.15, 0.2) is 164 Å². The summed E-state index contributed by atoms with van der Waals surface area (Å²) < 4.78 is 70.2. The fourth-order valence-corrected chi connectivity index (χ4v) is 10.3. The first kappa shape index (κ1) is 15.6. The molecule has 0 aliphatic rings. The molecule has 1 heterocycles. The maximum Gasteiger partial charge on any atom is 0.179 e. The molecule has 7 rings (SSSR count). The summed E-state index contributed by atoms with van der Waals surface area (Å²) in [6.07, 6.45) is 0. The van der Waals surface area contributed by atoms with Crippen LogP contribution in [0.3, 0.4) is 0 Å². The summed E-state index contributed by atoms with van der Waals surface area (Å²) in [5.41, 5.74) is 0.743. The summed E-state index contributed by atoms with van der Waals surface area (Å²) in [5.74, 6) is 0. The summed E-state index contributed by atoms with van der Waals surface area (Å²) in [6.45, 7) is 0. The molecule has 0 fully saturated rings. The molecule has 7 aromatic rings. The van der Waals surface area contributed by atoms with Gasteiger partial charge in [0, 0.05) is 16.5 Å². The average Bonchev–Trinajstić information content (AvgIpc) is 3.47. The molecular weight excluding hydrogens is 474 g/mol. The van der Waals surface area contributed by atoms with E-state index in [-0.39, 0.29) is 46.0 Å². The minimum absolute atomic E-state index is 0.0682. The van der Waals surface area contributed by atoms with E-state index in [1.807, 2.05) is 42.5 Å². The van der Waals surface area contributed by atoms with Gasteiger partial charge >= 0.3 is 0 Å². The minimum atomic E-state index is -2.84. The smallest absolute Gasteiger partial charge is 0.179 e. The second-order valence-corrected chi connectivity index (χ2v) is 13.0. The molecule has 0 saturated carbocycles. The van der Waals surface area contributed by atoms with Crippen molar-refractivity contribution in [3.8, 4) is 5.69 Å². The molecule has 0 spiro atoms. The van der Waals surface area contributed by atoms with Crippen molar-refractivity contribution in [2.45, 2.75) is 0 Å². The van der Waals surface area contributed by atoms with Crippen LogP contribution in [-0.4, -0.2) is 12.6 Å². The van der Waals surface area contributed by atoms with E-state index in [9.17, 15) is 0 Å². The van der Waals surface area contributed by atoms with Crippen LogP contribution in [0.25, 0.3) is 27.5 Å². The van der Waals surface area contributed by atoms with Crippen molar-refractivity contribution >= 4 is 50.6 Å². The quantitative estimate of drug-likeness (QED) is 0.193. The Hall–Kier alpha value is -4.66. The third kappa shape index (κ3) is 3.46. The molecule has 0 saturated heterocycles. The van der Waals surface area contributed by atoms with Gasteiger partial charge in [-0.05, 0) is 45.0 Å². The van der Waals surface area contributed by atoms with Crippen molar-refractivity contribution < 1.29 is 11.0 Å². The average molecular weight is 510 g/mol. The molecule has 0 unspecified atom stereocenters. The first-order valence-electron chi connectivity index (χ1n) is 16.5. The van der Waals surface area contributed by atoms with Gasteiger partial charge in [-0.1, -0.05) is 139 Å². The Labute approximate surface area is 235 Å². The molecule has 0 atom stereocenters. The number of rotatable bonds is 5. The number of aromatic nitrogens is 1. The topological polar surface area (TPSA) is 4.93 Å². The zero-order valence-corrected chi connectivity index (χ0v) is 21.4. The zero-order valence-electron chi connectivity index (χ0n) is 28.4. The van der Waals surface area contributed by atoms with Gasteiger partial charge in [0.15, 0.2) is 8.07 Å². The first-order chi connectivity index (χ1) is 22.2. The number of hydrogen-bond donors (Lipinski definition) is 0. The van der Waals surface area contributed by atoms with Crippen molar-refractivity contribution in [1.82, 2.24) is 4.57 Å². The summed E-state index contributed by atoms with van der Waals surface area (Å²) in [6, 6.07) is 36.1. The van der Waals surface area contributed by atoms with Gasteiger partial charge in [-0.25, -0.2) is 0 Å². The predicted octanol–water partition coefficient (Wildman–Crippen LogP) is 6.16. The maximum absolute atomic E-state index is 8.85. The summed E-state index contributed by atoms with van der Waals surface area (Å²) >= 11 is 0. The maximum atomic E-state index is 8.85. The zero-order chi connectivity index (χ0) is 32.3. The van der Waals surface area contributed by atoms with Crippen LogP contribution in [-0.2, 0) is 0 Å². The highest BCUT2D eigenvalue weighted by molar-refractivity contribution is 7.19. The largest absolute Gasteiger partial charge is 0.309 e. The Morgan fingerprint density at radius 3 is 1.21 bits per heavy atom. The van der Waals surface area contributed by atoms with Gasteiger partial charge in [-0.15, -0.1) is 0 Å². The molecule has 1 aromatic heterocycles. The van der Waals surface area contributed by atoms with Crippen LogP contribution in [0.5, 0.6) is 0 Å². The van der Waals surface area contributed by atoms with Crippen LogP contribution in [0.1, 0.15) is 11.0 Å². The lowest BCUT2D eigenvalue weighted by atomic mass is 10.2. The van der Waals surface area contributed by atoms with Crippen LogP contribution >= 0.6 is 0 Å². The number of fused-ring (bicyclic) bond motifs is 3. The normalized spacial score (nSPS) is 14.6. The van der Waals surface area contributed by atoms with Gasteiger partial charge in [-0.2, -0.15) is 0 Å². The highest BCUT2D eigenvalue weighted by Crippen LogP contribution is 2.31. The SMILES string of the molecule is [2H]c1c([2H])c([2H])c2c(c1[2H])c1c([2H])c([2H])c([2H])c([2H])c1n2-c1ccc([Si](c2ccccc2)(c2ccccc2)c2ccccc2)cc1. The van der Waals surface area contributed by atoms with E-state index in [0.717, 1.165) is 5.19 Å². The molecule has 0 bridgehead atoms. The second kappa shape index (κ2) is 9.33. The molecule has 38 heavy (non-hydrogen) atoms. The van der Waals surface area contributed by atoms with Gasteiger partial charge < -0.3 is 4.57 Å². The molecule has 0 amide bonds. The van der Waals surface area contributed by atoms with Crippen molar-refractivity contribution in [2.24, 2.45) is 0 Å². The lowest BCUT2D eigenvalue weighted by Crippen LogP contribution is -2.74. The third-order valence-electron chi connectivity index (χ3n) is 7.21. The van der Waals surface area contributed by atoms with Crippen molar-refractivity contribution in [2.75, 3.05) is 0 Å². The molecule has 0 aliphatic carbocycles. The highest BCUT2D eigenvalue weighted by atomic mass is 28.3. The number of nitrogens with zero attached hydrogens (tertiary/aromatic N) is 1. The lowest BCUT2D eigenvalue weighted by molar-refractivity contribution is 1.18. The molecule has 0 radical (unpaired) electrons. The summed E-state index contributed by atoms with van der Waals surface area (Å²) in [4.78, 5) is 0. The van der Waals surface area contributed by atoms with E-state index < -0.39 is 32.2 Å². The fourth-order valence-electron chi connectivity index (χ4n) is 5.60. The number of benzene rings is 6. The molecule has 1 nitrogen and oxygen atoms in total. The van der Waals surface area contributed by atoms with Gasteiger partial charge in [-0.3, -0.25) is 0 Å². The van der Waals surface area contributed by atoms with Crippen molar-refractivity contribution in [3.63, 3.8) is 0 Å². The van der Waals surface area contributed by atoms with Crippen LogP contribution < -0.4 is 20.7 Å². The summed E-state index contributed by atoms with van der Waals surface area (Å²) in [7, 11) is -2.84. The first-order valence-corrected chi connectivity index (χ1v) is 14.5. The standard InChI is InChI=1S/C36H27NSi/c1-4-14-29(15-5-1)38(30-16-6-2-7-17-30,31-18-8-3-9-19-31)32-26-24-28(25-27-32)37-35-22-12-10-20-33(35)34-21-11-13-23-36(34)37/h1-27H/i10D,11D,12D,13D,20D,21D,22D,23D. The Morgan fingerprint density at radius 2 is 0.789 bits per heavy atom. The van der Waals surface area contributed by atoms with E-state index in [0.29, 0.717) is 5.69 Å². The Kier molecular flexibility index (Phi) is 3.82. The van der Waals surface area contributed by atoms with Crippen molar-refractivity contribution in [1.29, 1.82) is 0 Å². The predicted molar refractivity (Wildman–Crippen MR) is 164 cm³/mol. The molecule has 180 valence electrons. The van der Waals surface area contributed by atoms with E-state index in [2.05, 4.69) is 72.8 Å². The van der Waals surface area contributed by atoms with Crippen LogP contribution in [0.2, 0.25) is 0 Å². The fraction of sp³-hybridized carbons (Fsp3) is 0. The second-order valence-electron chi connectivity index (χ2n) is 9.18. The van der Waals surface area contributed by atoms with E-state index in [4.69, 9.17) is 11.0 Å². The van der Waals surface area contributed by atoms with Gasteiger partial charge in [0.25, 0.3) is 0 Å². The Bertz CT molecular complexity index is 2100. The third-order valence-corrected chi connectivity index (χ3v) is 12.0. The number of hydrogen-bond acceptors (Lipinski definition) is 0. The Balaban J connectivity index is 1.58. The van der Waals surface area contributed by atoms with E-state index in [1.165, 1.54) is 15.6 Å². The van der Waals surface area contributed by atoms with Gasteiger partial charge in [0.1, 0.15) is 0 Å². The molecule has 0 aliphatic heterocycles. The minimum Gasteiger partial charge on any atom is -0.309 e. The molecule has 0 N–H and O–H groups in total. The van der Waals surface area contributed by atoms with Gasteiger partial charge in [0.2, 0.25) is 0 Å².